The lowest BCUT2D eigenvalue weighted by atomic mass is 10.2. The standard InChI is InChI=1S/C18H18Cl2FNO2S/c1-12(24-14-7-5-13(19)6-8-14)18(23)22-9-10-25-11-15-16(20)3-2-4-17(15)21/h2-8,12H,9-11H2,1H3,(H,22,23)/t12-/m1/s1. The molecule has 1 atom stereocenters. The molecule has 0 heterocycles. The SMILES string of the molecule is C[C@@H](Oc1ccc(Cl)cc1)C(=O)NCCSCc1c(F)cccc1Cl. The zero-order valence-corrected chi connectivity index (χ0v) is 15.9. The van der Waals surface area contributed by atoms with Crippen LogP contribution >= 0.6 is 35.0 Å². The van der Waals surface area contributed by atoms with E-state index in [2.05, 4.69) is 5.32 Å². The Morgan fingerprint density at radius 2 is 1.96 bits per heavy atom. The zero-order valence-electron chi connectivity index (χ0n) is 13.6. The third-order valence-electron chi connectivity index (χ3n) is 3.35. The second-order valence-corrected chi connectivity index (χ2v) is 7.21. The molecule has 134 valence electrons. The summed E-state index contributed by atoms with van der Waals surface area (Å²) in [6.07, 6.45) is -0.618. The first-order chi connectivity index (χ1) is 12.0. The Morgan fingerprint density at radius 1 is 1.24 bits per heavy atom. The summed E-state index contributed by atoms with van der Waals surface area (Å²) in [5, 5.41) is 3.82. The van der Waals surface area contributed by atoms with Gasteiger partial charge in [0.25, 0.3) is 5.91 Å². The molecule has 0 saturated heterocycles. The average Bonchev–Trinajstić information content (AvgIpc) is 2.58. The maximum atomic E-state index is 13.6. The van der Waals surface area contributed by atoms with Crippen molar-refractivity contribution >= 4 is 40.9 Å². The third kappa shape index (κ3) is 6.42. The van der Waals surface area contributed by atoms with E-state index in [9.17, 15) is 9.18 Å². The number of hydrogen-bond acceptors (Lipinski definition) is 3. The van der Waals surface area contributed by atoms with E-state index in [0.717, 1.165) is 0 Å². The Hall–Kier alpha value is -1.43. The van der Waals surface area contributed by atoms with Gasteiger partial charge in [0.1, 0.15) is 11.6 Å². The Bertz CT molecular complexity index is 692. The van der Waals surface area contributed by atoms with Gasteiger partial charge in [-0.25, -0.2) is 4.39 Å². The van der Waals surface area contributed by atoms with Gasteiger partial charge in [-0.15, -0.1) is 0 Å². The van der Waals surface area contributed by atoms with E-state index in [4.69, 9.17) is 27.9 Å². The number of amides is 1. The predicted octanol–water partition coefficient (Wildman–Crippen LogP) is 4.95. The number of carbonyl (C=O) groups is 1. The molecule has 0 spiro atoms. The summed E-state index contributed by atoms with van der Waals surface area (Å²) in [7, 11) is 0. The molecule has 0 aliphatic heterocycles. The van der Waals surface area contributed by atoms with E-state index in [1.807, 2.05) is 0 Å². The van der Waals surface area contributed by atoms with E-state index in [1.165, 1.54) is 17.8 Å². The lowest BCUT2D eigenvalue weighted by Gasteiger charge is -2.14. The van der Waals surface area contributed by atoms with Crippen LogP contribution in [0.15, 0.2) is 42.5 Å². The first kappa shape index (κ1) is 19.9. The van der Waals surface area contributed by atoms with Crippen molar-refractivity contribution in [3.05, 3.63) is 63.9 Å². The van der Waals surface area contributed by atoms with Gasteiger partial charge in [0.2, 0.25) is 0 Å². The molecule has 2 rings (SSSR count). The summed E-state index contributed by atoms with van der Waals surface area (Å²) in [6, 6.07) is 11.4. The summed E-state index contributed by atoms with van der Waals surface area (Å²) in [5.41, 5.74) is 0.486. The van der Waals surface area contributed by atoms with Gasteiger partial charge in [-0.3, -0.25) is 4.79 Å². The Morgan fingerprint density at radius 3 is 2.64 bits per heavy atom. The maximum absolute atomic E-state index is 13.6. The number of nitrogens with one attached hydrogen (secondary N) is 1. The number of benzene rings is 2. The molecule has 0 saturated carbocycles. The van der Waals surface area contributed by atoms with Gasteiger partial charge in [0.05, 0.1) is 0 Å². The van der Waals surface area contributed by atoms with E-state index in [0.29, 0.717) is 39.4 Å². The predicted molar refractivity (Wildman–Crippen MR) is 102 cm³/mol. The van der Waals surface area contributed by atoms with Crippen LogP contribution in [0.25, 0.3) is 0 Å². The molecule has 25 heavy (non-hydrogen) atoms. The Kier molecular flexibility index (Phi) is 7.88. The number of ether oxygens (including phenoxy) is 1. The lowest BCUT2D eigenvalue weighted by molar-refractivity contribution is -0.127. The molecule has 0 fully saturated rings. The molecule has 1 N–H and O–H groups in total. The van der Waals surface area contributed by atoms with Crippen molar-refractivity contribution in [2.45, 2.75) is 18.8 Å². The van der Waals surface area contributed by atoms with Gasteiger partial charge in [0.15, 0.2) is 6.10 Å². The van der Waals surface area contributed by atoms with Crippen LogP contribution in [0, 0.1) is 5.82 Å². The molecule has 0 aliphatic rings. The van der Waals surface area contributed by atoms with Crippen LogP contribution in [0.2, 0.25) is 10.0 Å². The van der Waals surface area contributed by atoms with Gasteiger partial charge in [-0.2, -0.15) is 11.8 Å². The second-order valence-electron chi connectivity index (χ2n) is 5.26. The highest BCUT2D eigenvalue weighted by molar-refractivity contribution is 7.98. The van der Waals surface area contributed by atoms with Crippen LogP contribution in [0.4, 0.5) is 4.39 Å². The van der Waals surface area contributed by atoms with Gasteiger partial charge in [-0.05, 0) is 43.3 Å². The number of rotatable bonds is 8. The van der Waals surface area contributed by atoms with Crippen LogP contribution in [-0.4, -0.2) is 24.3 Å². The first-order valence-corrected chi connectivity index (χ1v) is 9.59. The number of carbonyl (C=O) groups excluding carboxylic acids is 1. The lowest BCUT2D eigenvalue weighted by Crippen LogP contribution is -2.37. The van der Waals surface area contributed by atoms with Crippen LogP contribution in [-0.2, 0) is 10.5 Å². The molecule has 7 heteroatoms. The van der Waals surface area contributed by atoms with E-state index < -0.39 is 6.10 Å². The summed E-state index contributed by atoms with van der Waals surface area (Å²) >= 11 is 13.3. The molecule has 0 aliphatic carbocycles. The topological polar surface area (TPSA) is 38.3 Å². The second kappa shape index (κ2) is 9.90. The average molecular weight is 402 g/mol. The summed E-state index contributed by atoms with van der Waals surface area (Å²) in [6.45, 7) is 2.14. The van der Waals surface area contributed by atoms with Crippen molar-refractivity contribution in [1.29, 1.82) is 0 Å². The molecular formula is C18H18Cl2FNO2S. The van der Waals surface area contributed by atoms with E-state index in [1.54, 1.807) is 43.3 Å². The fourth-order valence-corrected chi connectivity index (χ4v) is 3.33. The minimum absolute atomic E-state index is 0.209. The molecule has 2 aromatic rings. The van der Waals surface area contributed by atoms with Crippen molar-refractivity contribution in [2.24, 2.45) is 0 Å². The van der Waals surface area contributed by atoms with Gasteiger partial charge >= 0.3 is 0 Å². The van der Waals surface area contributed by atoms with Crippen LogP contribution in [0.1, 0.15) is 12.5 Å². The third-order valence-corrected chi connectivity index (χ3v) is 4.94. The molecule has 1 amide bonds. The smallest absolute Gasteiger partial charge is 0.260 e. The maximum Gasteiger partial charge on any atom is 0.260 e. The fraction of sp³-hybridized carbons (Fsp3) is 0.278. The van der Waals surface area contributed by atoms with Crippen molar-refractivity contribution in [2.75, 3.05) is 12.3 Å². The molecule has 0 unspecified atom stereocenters. The van der Waals surface area contributed by atoms with E-state index >= 15 is 0 Å². The molecule has 0 bridgehead atoms. The highest BCUT2D eigenvalue weighted by atomic mass is 35.5. The summed E-state index contributed by atoms with van der Waals surface area (Å²) < 4.78 is 19.2. The molecular weight excluding hydrogens is 384 g/mol. The molecule has 2 aromatic carbocycles. The van der Waals surface area contributed by atoms with Gasteiger partial charge < -0.3 is 10.1 Å². The summed E-state index contributed by atoms with van der Waals surface area (Å²) in [5.74, 6) is 1.16. The Balaban J connectivity index is 1.68. The zero-order chi connectivity index (χ0) is 18.2. The van der Waals surface area contributed by atoms with Crippen molar-refractivity contribution in [3.63, 3.8) is 0 Å². The fourth-order valence-electron chi connectivity index (χ4n) is 2.01. The van der Waals surface area contributed by atoms with E-state index in [-0.39, 0.29) is 11.7 Å². The first-order valence-electron chi connectivity index (χ1n) is 7.68. The number of thioether (sulfide) groups is 1. The molecule has 0 radical (unpaired) electrons. The van der Waals surface area contributed by atoms with Crippen LogP contribution in [0.3, 0.4) is 0 Å². The normalized spacial score (nSPS) is 11.8. The van der Waals surface area contributed by atoms with Crippen molar-refractivity contribution in [3.8, 4) is 5.75 Å². The number of hydrogen-bond donors (Lipinski definition) is 1. The summed E-state index contributed by atoms with van der Waals surface area (Å²) in [4.78, 5) is 12.0. The number of halogens is 3. The Labute approximate surface area is 160 Å². The van der Waals surface area contributed by atoms with Crippen molar-refractivity contribution in [1.82, 2.24) is 5.32 Å². The highest BCUT2D eigenvalue weighted by Crippen LogP contribution is 2.23. The van der Waals surface area contributed by atoms with Gasteiger partial charge in [-0.1, -0.05) is 29.3 Å². The van der Waals surface area contributed by atoms with Crippen LogP contribution < -0.4 is 10.1 Å². The minimum Gasteiger partial charge on any atom is -0.481 e. The highest BCUT2D eigenvalue weighted by Gasteiger charge is 2.14. The molecule has 0 aromatic heterocycles. The largest absolute Gasteiger partial charge is 0.481 e. The van der Waals surface area contributed by atoms with Crippen LogP contribution in [0.5, 0.6) is 5.75 Å². The monoisotopic (exact) mass is 401 g/mol. The quantitative estimate of drug-likeness (QED) is 0.635. The van der Waals surface area contributed by atoms with Gasteiger partial charge in [0, 0.05) is 33.7 Å². The van der Waals surface area contributed by atoms with Crippen molar-refractivity contribution < 1.29 is 13.9 Å². The minimum atomic E-state index is -0.618. The molecule has 3 nitrogen and oxygen atoms in total.